The van der Waals surface area contributed by atoms with Crippen molar-refractivity contribution < 1.29 is 4.74 Å². The molecule has 1 aliphatic carbocycles. The summed E-state index contributed by atoms with van der Waals surface area (Å²) in [5.74, 6) is 0.925. The molecule has 2 heteroatoms. The molecule has 2 aliphatic rings. The van der Waals surface area contributed by atoms with E-state index in [1.54, 1.807) is 0 Å². The minimum absolute atomic E-state index is 0.510. The first-order valence-electron chi connectivity index (χ1n) is 6.06. The van der Waals surface area contributed by atoms with Gasteiger partial charge < -0.3 is 9.64 Å². The highest BCUT2D eigenvalue weighted by Crippen LogP contribution is 2.36. The lowest BCUT2D eigenvalue weighted by molar-refractivity contribution is -0.00150. The summed E-state index contributed by atoms with van der Waals surface area (Å²) in [5.41, 5.74) is 0. The van der Waals surface area contributed by atoms with Crippen LogP contribution in [0.3, 0.4) is 0 Å². The van der Waals surface area contributed by atoms with Crippen LogP contribution in [0.25, 0.3) is 0 Å². The van der Waals surface area contributed by atoms with Crippen molar-refractivity contribution in [3.63, 3.8) is 0 Å². The fourth-order valence-corrected chi connectivity index (χ4v) is 2.96. The van der Waals surface area contributed by atoms with Crippen molar-refractivity contribution in [1.82, 2.24) is 4.90 Å². The van der Waals surface area contributed by atoms with Crippen molar-refractivity contribution in [3.8, 4) is 0 Å². The van der Waals surface area contributed by atoms with Gasteiger partial charge in [-0.2, -0.15) is 0 Å². The van der Waals surface area contributed by atoms with Gasteiger partial charge in [-0.05, 0) is 38.8 Å². The Labute approximate surface area is 88.6 Å². The number of hydrogen-bond donors (Lipinski definition) is 0. The van der Waals surface area contributed by atoms with Crippen molar-refractivity contribution in [3.05, 3.63) is 0 Å². The highest BCUT2D eigenvalue weighted by molar-refractivity contribution is 4.93. The van der Waals surface area contributed by atoms with E-state index >= 15 is 0 Å². The second-order valence-electron chi connectivity index (χ2n) is 4.23. The van der Waals surface area contributed by atoms with Crippen LogP contribution in [0.2, 0.25) is 0 Å². The normalized spacial score (nSPS) is 37.3. The van der Waals surface area contributed by atoms with Gasteiger partial charge in [-0.25, -0.2) is 0 Å². The number of hydrogen-bond acceptors (Lipinski definition) is 2. The van der Waals surface area contributed by atoms with Crippen LogP contribution in [0.4, 0.5) is 0 Å². The lowest BCUT2D eigenvalue weighted by atomic mass is 9.83. The van der Waals surface area contributed by atoms with Gasteiger partial charge in [0.2, 0.25) is 0 Å². The molecule has 2 fully saturated rings. The molecule has 0 aromatic carbocycles. The Bertz CT molecular complexity index is 158. The van der Waals surface area contributed by atoms with Crippen molar-refractivity contribution in [1.29, 1.82) is 0 Å². The molecule has 1 heterocycles. The minimum atomic E-state index is 0.510. The molecule has 2 rings (SSSR count). The summed E-state index contributed by atoms with van der Waals surface area (Å²) >= 11 is 0. The summed E-state index contributed by atoms with van der Waals surface area (Å²) in [6.45, 7) is 5.27. The largest absolute Gasteiger partial charge is 0.380 e. The number of methoxy groups -OCH3 is 1. The predicted molar refractivity (Wildman–Crippen MR) is 60.5 cm³/mol. The van der Waals surface area contributed by atoms with E-state index in [9.17, 15) is 0 Å². The maximum atomic E-state index is 5.53. The molecular formula is C12H25NO. The van der Waals surface area contributed by atoms with Crippen LogP contribution in [0.5, 0.6) is 0 Å². The van der Waals surface area contributed by atoms with Crippen LogP contribution >= 0.6 is 0 Å². The Kier molecular flexibility index (Phi) is 4.90. The van der Waals surface area contributed by atoms with Gasteiger partial charge in [0.25, 0.3) is 0 Å². The molecule has 0 bridgehead atoms. The highest BCUT2D eigenvalue weighted by atomic mass is 16.5. The maximum absolute atomic E-state index is 5.53. The standard InChI is InChI=1S/C10H19NO.C2H6/c1-11-7-6-8-4-3-5-9(12-2)10(8)11;1-2/h8-10H,3-7H2,1-2H3;1-2H3. The number of likely N-dealkylation sites (tertiary alicyclic amines) is 1. The van der Waals surface area contributed by atoms with Crippen LogP contribution in [0, 0.1) is 5.92 Å². The molecule has 0 aromatic rings. The molecule has 0 amide bonds. The molecule has 1 saturated heterocycles. The highest BCUT2D eigenvalue weighted by Gasteiger charge is 2.39. The zero-order valence-electron chi connectivity index (χ0n) is 10.1. The Hall–Kier alpha value is -0.0800. The van der Waals surface area contributed by atoms with Gasteiger partial charge >= 0.3 is 0 Å². The van der Waals surface area contributed by atoms with E-state index in [0.717, 1.165) is 12.0 Å². The van der Waals surface area contributed by atoms with Gasteiger partial charge in [0, 0.05) is 13.2 Å². The van der Waals surface area contributed by atoms with E-state index < -0.39 is 0 Å². The van der Waals surface area contributed by atoms with Crippen LogP contribution in [-0.4, -0.2) is 37.7 Å². The third-order valence-corrected chi connectivity index (χ3v) is 3.59. The van der Waals surface area contributed by atoms with E-state index in [4.69, 9.17) is 4.74 Å². The second kappa shape index (κ2) is 5.72. The molecule has 0 N–H and O–H groups in total. The summed E-state index contributed by atoms with van der Waals surface area (Å²) in [6, 6.07) is 0.726. The van der Waals surface area contributed by atoms with E-state index in [0.29, 0.717) is 6.10 Å². The van der Waals surface area contributed by atoms with Crippen LogP contribution < -0.4 is 0 Å². The average Bonchev–Trinajstić information content (AvgIpc) is 2.64. The van der Waals surface area contributed by atoms with Gasteiger partial charge in [0.1, 0.15) is 0 Å². The van der Waals surface area contributed by atoms with Crippen LogP contribution in [-0.2, 0) is 4.74 Å². The number of likely N-dealkylation sites (N-methyl/N-ethyl adjacent to an activating group) is 1. The molecule has 1 aliphatic heterocycles. The minimum Gasteiger partial charge on any atom is -0.380 e. The molecule has 14 heavy (non-hydrogen) atoms. The van der Waals surface area contributed by atoms with Crippen molar-refractivity contribution in [2.45, 2.75) is 51.7 Å². The zero-order chi connectivity index (χ0) is 10.6. The van der Waals surface area contributed by atoms with Gasteiger partial charge in [-0.3, -0.25) is 0 Å². The van der Waals surface area contributed by atoms with Crippen molar-refractivity contribution in [2.75, 3.05) is 20.7 Å². The summed E-state index contributed by atoms with van der Waals surface area (Å²) in [4.78, 5) is 2.48. The number of nitrogens with zero attached hydrogens (tertiary/aromatic N) is 1. The van der Waals surface area contributed by atoms with Crippen LogP contribution in [0.1, 0.15) is 39.5 Å². The van der Waals surface area contributed by atoms with Gasteiger partial charge in [0.05, 0.1) is 6.10 Å². The second-order valence-corrected chi connectivity index (χ2v) is 4.23. The molecule has 1 saturated carbocycles. The smallest absolute Gasteiger partial charge is 0.0729 e. The lowest BCUT2D eigenvalue weighted by Crippen LogP contribution is -2.43. The summed E-state index contributed by atoms with van der Waals surface area (Å²) in [7, 11) is 4.10. The lowest BCUT2D eigenvalue weighted by Gasteiger charge is -2.36. The predicted octanol–water partition coefficient (Wildman–Crippen LogP) is 2.53. The Morgan fingerprint density at radius 1 is 1.14 bits per heavy atom. The molecule has 0 radical (unpaired) electrons. The first kappa shape index (κ1) is 12.0. The Morgan fingerprint density at radius 3 is 2.50 bits per heavy atom. The maximum Gasteiger partial charge on any atom is 0.0729 e. The molecule has 3 unspecified atom stereocenters. The Morgan fingerprint density at radius 2 is 1.86 bits per heavy atom. The van der Waals surface area contributed by atoms with Crippen molar-refractivity contribution >= 4 is 0 Å². The van der Waals surface area contributed by atoms with Gasteiger partial charge in [0.15, 0.2) is 0 Å². The third kappa shape index (κ3) is 2.29. The van der Waals surface area contributed by atoms with E-state index in [1.165, 1.54) is 32.2 Å². The third-order valence-electron chi connectivity index (χ3n) is 3.59. The molecule has 3 atom stereocenters. The fraction of sp³-hybridized carbons (Fsp3) is 1.00. The molecular weight excluding hydrogens is 174 g/mol. The molecule has 0 aromatic heterocycles. The number of fused-ring (bicyclic) bond motifs is 1. The number of ether oxygens (including phenoxy) is 1. The zero-order valence-corrected chi connectivity index (χ0v) is 10.1. The SMILES string of the molecule is CC.COC1CCCC2CCN(C)C21. The summed E-state index contributed by atoms with van der Waals surface area (Å²) in [6.07, 6.45) is 5.96. The quantitative estimate of drug-likeness (QED) is 0.643. The molecule has 84 valence electrons. The van der Waals surface area contributed by atoms with E-state index in [1.807, 2.05) is 21.0 Å². The first-order chi connectivity index (χ1) is 6.83. The summed E-state index contributed by atoms with van der Waals surface area (Å²) in [5, 5.41) is 0. The van der Waals surface area contributed by atoms with Crippen LogP contribution in [0.15, 0.2) is 0 Å². The fourth-order valence-electron chi connectivity index (χ4n) is 2.96. The average molecular weight is 199 g/mol. The monoisotopic (exact) mass is 199 g/mol. The molecule has 2 nitrogen and oxygen atoms in total. The van der Waals surface area contributed by atoms with Gasteiger partial charge in [-0.1, -0.05) is 20.3 Å². The van der Waals surface area contributed by atoms with E-state index in [2.05, 4.69) is 11.9 Å². The Balaban J connectivity index is 0.000000461. The first-order valence-corrected chi connectivity index (χ1v) is 6.06. The summed E-state index contributed by atoms with van der Waals surface area (Å²) < 4.78 is 5.53. The van der Waals surface area contributed by atoms with Gasteiger partial charge in [-0.15, -0.1) is 0 Å². The van der Waals surface area contributed by atoms with Crippen molar-refractivity contribution in [2.24, 2.45) is 5.92 Å². The topological polar surface area (TPSA) is 12.5 Å². The number of rotatable bonds is 1. The van der Waals surface area contributed by atoms with E-state index in [-0.39, 0.29) is 0 Å². The molecule has 0 spiro atoms.